The lowest BCUT2D eigenvalue weighted by atomic mass is 10.1. The number of ether oxygens (including phenoxy) is 1. The van der Waals surface area contributed by atoms with Gasteiger partial charge in [0.1, 0.15) is 0 Å². The van der Waals surface area contributed by atoms with E-state index in [9.17, 15) is 0 Å². The van der Waals surface area contributed by atoms with Crippen LogP contribution in [0.15, 0.2) is 60.7 Å². The average Bonchev–Trinajstić information content (AvgIpc) is 2.70. The zero-order valence-electron chi connectivity index (χ0n) is 15.1. The average molecular weight is 370 g/mol. The summed E-state index contributed by atoms with van der Waals surface area (Å²) >= 11 is 5.55. The second kappa shape index (κ2) is 10.3. The molecule has 5 heteroatoms. The molecule has 3 rings (SSSR count). The Hall–Kier alpha value is -1.95. The number of hydrogen-bond acceptors (Lipinski definition) is 3. The number of benzene rings is 2. The number of nitrogens with one attached hydrogen (secondary N) is 2. The van der Waals surface area contributed by atoms with Crippen molar-refractivity contribution in [3.63, 3.8) is 0 Å². The van der Waals surface area contributed by atoms with Crippen molar-refractivity contribution in [2.75, 3.05) is 39.4 Å². The van der Waals surface area contributed by atoms with Gasteiger partial charge >= 0.3 is 0 Å². The van der Waals surface area contributed by atoms with Crippen molar-refractivity contribution in [1.29, 1.82) is 0 Å². The van der Waals surface area contributed by atoms with E-state index in [4.69, 9.17) is 17.0 Å². The molecular formula is C21H27N3OS. The summed E-state index contributed by atoms with van der Waals surface area (Å²) in [5.41, 5.74) is 2.57. The van der Waals surface area contributed by atoms with Crippen LogP contribution in [0.5, 0.6) is 0 Å². The lowest BCUT2D eigenvalue weighted by molar-refractivity contribution is 0.0343. The van der Waals surface area contributed by atoms with Crippen molar-refractivity contribution in [2.45, 2.75) is 12.5 Å². The lowest BCUT2D eigenvalue weighted by Gasteiger charge is -2.31. The monoisotopic (exact) mass is 369 g/mol. The highest BCUT2D eigenvalue weighted by atomic mass is 32.1. The van der Waals surface area contributed by atoms with Crippen molar-refractivity contribution in [3.05, 3.63) is 71.8 Å². The van der Waals surface area contributed by atoms with Gasteiger partial charge in [-0.05, 0) is 29.8 Å². The van der Waals surface area contributed by atoms with E-state index >= 15 is 0 Å². The molecule has 1 aliphatic heterocycles. The van der Waals surface area contributed by atoms with Gasteiger partial charge < -0.3 is 15.4 Å². The molecule has 1 heterocycles. The standard InChI is InChI=1S/C21H27N3OS/c26-21(22-12-11-18-7-3-1-4-8-18)23-20(19-9-5-2-6-10-19)17-24-13-15-25-16-14-24/h1-10,20H,11-17H2,(H2,22,23,26)/t20-/m0/s1. The molecule has 2 N–H and O–H groups in total. The summed E-state index contributed by atoms with van der Waals surface area (Å²) in [7, 11) is 0. The first-order valence-corrected chi connectivity index (χ1v) is 9.65. The molecule has 26 heavy (non-hydrogen) atoms. The molecule has 2 aromatic rings. The summed E-state index contributed by atoms with van der Waals surface area (Å²) in [4.78, 5) is 2.43. The number of hydrogen-bond donors (Lipinski definition) is 2. The van der Waals surface area contributed by atoms with Crippen LogP contribution in [0.2, 0.25) is 0 Å². The smallest absolute Gasteiger partial charge is 0.166 e. The van der Waals surface area contributed by atoms with E-state index in [-0.39, 0.29) is 6.04 Å². The van der Waals surface area contributed by atoms with Gasteiger partial charge in [0.05, 0.1) is 19.3 Å². The minimum Gasteiger partial charge on any atom is -0.379 e. The molecule has 2 aromatic carbocycles. The Balaban J connectivity index is 1.53. The van der Waals surface area contributed by atoms with Crippen molar-refractivity contribution < 1.29 is 4.74 Å². The second-order valence-corrected chi connectivity index (χ2v) is 6.92. The zero-order chi connectivity index (χ0) is 18.0. The molecule has 0 spiro atoms. The number of nitrogens with zero attached hydrogens (tertiary/aromatic N) is 1. The predicted molar refractivity (Wildman–Crippen MR) is 110 cm³/mol. The molecule has 0 amide bonds. The predicted octanol–water partition coefficient (Wildman–Crippen LogP) is 2.77. The normalized spacial score (nSPS) is 16.0. The summed E-state index contributed by atoms with van der Waals surface area (Å²) in [6, 6.07) is 21.2. The Morgan fingerprint density at radius 2 is 1.65 bits per heavy atom. The van der Waals surface area contributed by atoms with Gasteiger partial charge in [-0.3, -0.25) is 4.90 Å². The molecule has 0 bridgehead atoms. The Morgan fingerprint density at radius 3 is 2.35 bits per heavy atom. The molecule has 0 aliphatic carbocycles. The molecule has 1 atom stereocenters. The minimum atomic E-state index is 0.172. The van der Waals surface area contributed by atoms with E-state index in [1.54, 1.807) is 0 Å². The van der Waals surface area contributed by atoms with E-state index in [1.807, 2.05) is 12.1 Å². The van der Waals surface area contributed by atoms with E-state index in [1.165, 1.54) is 11.1 Å². The Bertz CT molecular complexity index is 659. The quantitative estimate of drug-likeness (QED) is 0.734. The van der Waals surface area contributed by atoms with Crippen LogP contribution in [0.3, 0.4) is 0 Å². The van der Waals surface area contributed by atoms with Crippen LogP contribution < -0.4 is 10.6 Å². The van der Waals surface area contributed by atoms with Crippen LogP contribution in [0.25, 0.3) is 0 Å². The van der Waals surface area contributed by atoms with Gasteiger partial charge in [-0.1, -0.05) is 60.7 Å². The molecule has 138 valence electrons. The molecule has 0 unspecified atom stereocenters. The van der Waals surface area contributed by atoms with Crippen LogP contribution in [0.1, 0.15) is 17.2 Å². The van der Waals surface area contributed by atoms with Gasteiger partial charge in [-0.2, -0.15) is 0 Å². The number of thiocarbonyl (C=S) groups is 1. The third-order valence-corrected chi connectivity index (χ3v) is 4.86. The Kier molecular flexibility index (Phi) is 7.43. The van der Waals surface area contributed by atoms with Gasteiger partial charge in [0.2, 0.25) is 0 Å². The topological polar surface area (TPSA) is 36.5 Å². The Morgan fingerprint density at radius 1 is 1.00 bits per heavy atom. The fourth-order valence-electron chi connectivity index (χ4n) is 3.14. The highest BCUT2D eigenvalue weighted by Crippen LogP contribution is 2.15. The van der Waals surface area contributed by atoms with E-state index in [0.717, 1.165) is 45.8 Å². The Labute approximate surface area is 161 Å². The highest BCUT2D eigenvalue weighted by Gasteiger charge is 2.18. The third kappa shape index (κ3) is 6.09. The second-order valence-electron chi connectivity index (χ2n) is 6.51. The van der Waals surface area contributed by atoms with Crippen molar-refractivity contribution in [2.24, 2.45) is 0 Å². The molecule has 4 nitrogen and oxygen atoms in total. The lowest BCUT2D eigenvalue weighted by Crippen LogP contribution is -2.45. The van der Waals surface area contributed by atoms with Crippen LogP contribution in [-0.4, -0.2) is 49.4 Å². The number of morpholine rings is 1. The fourth-order valence-corrected chi connectivity index (χ4v) is 3.38. The van der Waals surface area contributed by atoms with Gasteiger partial charge in [-0.15, -0.1) is 0 Å². The van der Waals surface area contributed by atoms with E-state index < -0.39 is 0 Å². The molecular weight excluding hydrogens is 342 g/mol. The van der Waals surface area contributed by atoms with Crippen LogP contribution in [0, 0.1) is 0 Å². The summed E-state index contributed by atoms with van der Waals surface area (Å²) in [6.45, 7) is 5.31. The largest absolute Gasteiger partial charge is 0.379 e. The SMILES string of the molecule is S=C(NCCc1ccccc1)N[C@@H](CN1CCOCC1)c1ccccc1. The number of rotatable bonds is 7. The molecule has 0 saturated carbocycles. The minimum absolute atomic E-state index is 0.172. The maximum atomic E-state index is 5.55. The zero-order valence-corrected chi connectivity index (χ0v) is 15.9. The first-order valence-electron chi connectivity index (χ1n) is 9.24. The van der Waals surface area contributed by atoms with Crippen LogP contribution in [0.4, 0.5) is 0 Å². The van der Waals surface area contributed by atoms with Gasteiger partial charge in [0.25, 0.3) is 0 Å². The third-order valence-electron chi connectivity index (χ3n) is 4.59. The molecule has 1 saturated heterocycles. The van der Waals surface area contributed by atoms with Gasteiger partial charge in [0, 0.05) is 26.2 Å². The molecule has 0 aromatic heterocycles. The first-order chi connectivity index (χ1) is 12.8. The molecule has 1 aliphatic rings. The highest BCUT2D eigenvalue weighted by molar-refractivity contribution is 7.80. The van der Waals surface area contributed by atoms with Gasteiger partial charge in [-0.25, -0.2) is 0 Å². The van der Waals surface area contributed by atoms with Crippen LogP contribution in [-0.2, 0) is 11.2 Å². The van der Waals surface area contributed by atoms with E-state index in [0.29, 0.717) is 5.11 Å². The van der Waals surface area contributed by atoms with Gasteiger partial charge in [0.15, 0.2) is 5.11 Å². The maximum absolute atomic E-state index is 5.55. The first kappa shape index (κ1) is 18.8. The summed E-state index contributed by atoms with van der Waals surface area (Å²) in [5.74, 6) is 0. The molecule has 1 fully saturated rings. The maximum Gasteiger partial charge on any atom is 0.166 e. The fraction of sp³-hybridized carbons (Fsp3) is 0.381. The summed E-state index contributed by atoms with van der Waals surface area (Å²) < 4.78 is 5.46. The van der Waals surface area contributed by atoms with Crippen molar-refractivity contribution >= 4 is 17.3 Å². The van der Waals surface area contributed by atoms with E-state index in [2.05, 4.69) is 64.1 Å². The van der Waals surface area contributed by atoms with Crippen LogP contribution >= 0.6 is 12.2 Å². The molecule has 0 radical (unpaired) electrons. The van der Waals surface area contributed by atoms with Crippen molar-refractivity contribution in [3.8, 4) is 0 Å². The van der Waals surface area contributed by atoms with Crippen molar-refractivity contribution in [1.82, 2.24) is 15.5 Å². The summed E-state index contributed by atoms with van der Waals surface area (Å²) in [5, 5.41) is 7.56. The summed E-state index contributed by atoms with van der Waals surface area (Å²) in [6.07, 6.45) is 0.960.